The van der Waals surface area contributed by atoms with E-state index in [0.29, 0.717) is 6.54 Å². The lowest BCUT2D eigenvalue weighted by Crippen LogP contribution is -2.16. The molecule has 0 spiro atoms. The number of nitrogens with zero attached hydrogens (tertiary/aromatic N) is 2. The monoisotopic (exact) mass is 281 g/mol. The summed E-state index contributed by atoms with van der Waals surface area (Å²) in [4.78, 5) is 4.78. The van der Waals surface area contributed by atoms with Crippen molar-refractivity contribution in [2.45, 2.75) is 13.0 Å². The van der Waals surface area contributed by atoms with Gasteiger partial charge in [-0.05, 0) is 31.2 Å². The molecule has 1 atom stereocenters. The average molecular weight is 281 g/mol. The largest absolute Gasteiger partial charge is 0.497 e. The van der Waals surface area contributed by atoms with Crippen LogP contribution in [0.3, 0.4) is 0 Å². The summed E-state index contributed by atoms with van der Waals surface area (Å²) >= 11 is 0. The van der Waals surface area contributed by atoms with Crippen molar-refractivity contribution < 1.29 is 4.74 Å². The van der Waals surface area contributed by atoms with Gasteiger partial charge in [-0.25, -0.2) is 4.98 Å². The Labute approximate surface area is 124 Å². The van der Waals surface area contributed by atoms with Gasteiger partial charge in [-0.1, -0.05) is 24.3 Å². The summed E-state index contributed by atoms with van der Waals surface area (Å²) in [5.74, 6) is 1.75. The number of hydrogen-bond donors (Lipinski definition) is 1. The predicted molar refractivity (Wildman–Crippen MR) is 85.5 cm³/mol. The minimum atomic E-state index is 0.179. The summed E-state index contributed by atoms with van der Waals surface area (Å²) in [5, 5.41) is 0. The zero-order chi connectivity index (χ0) is 14.8. The van der Waals surface area contributed by atoms with Crippen molar-refractivity contribution >= 4 is 11.0 Å². The summed E-state index contributed by atoms with van der Waals surface area (Å²) in [5.41, 5.74) is 9.00. The fraction of sp³-hybridized carbons (Fsp3) is 0.235. The molecule has 0 radical (unpaired) electrons. The molecule has 0 aliphatic heterocycles. The normalized spacial score (nSPS) is 12.5. The summed E-state index contributed by atoms with van der Waals surface area (Å²) < 4.78 is 7.51. The van der Waals surface area contributed by atoms with Gasteiger partial charge in [-0.3, -0.25) is 0 Å². The zero-order valence-electron chi connectivity index (χ0n) is 12.3. The van der Waals surface area contributed by atoms with Crippen molar-refractivity contribution in [1.29, 1.82) is 0 Å². The minimum Gasteiger partial charge on any atom is -0.497 e. The Morgan fingerprint density at radius 3 is 2.76 bits per heavy atom. The summed E-state index contributed by atoms with van der Waals surface area (Å²) in [6.45, 7) is 2.68. The lowest BCUT2D eigenvalue weighted by atomic mass is 10.2. The molecule has 3 aromatic rings. The topological polar surface area (TPSA) is 53.1 Å². The van der Waals surface area contributed by atoms with E-state index in [2.05, 4.69) is 17.6 Å². The first-order chi connectivity index (χ1) is 10.2. The molecule has 108 valence electrons. The van der Waals surface area contributed by atoms with Gasteiger partial charge < -0.3 is 15.0 Å². The molecular formula is C17H19N3O. The van der Waals surface area contributed by atoms with Gasteiger partial charge in [0.25, 0.3) is 0 Å². The first kappa shape index (κ1) is 13.6. The molecule has 1 aromatic heterocycles. The molecule has 21 heavy (non-hydrogen) atoms. The Morgan fingerprint density at radius 1 is 1.19 bits per heavy atom. The fourth-order valence-corrected chi connectivity index (χ4v) is 2.56. The van der Waals surface area contributed by atoms with E-state index in [4.69, 9.17) is 15.5 Å². The molecule has 0 amide bonds. The van der Waals surface area contributed by atoms with Crippen LogP contribution in [0.15, 0.2) is 48.5 Å². The average Bonchev–Trinajstić information content (AvgIpc) is 2.93. The Morgan fingerprint density at radius 2 is 2.00 bits per heavy atom. The molecule has 3 rings (SSSR count). The van der Waals surface area contributed by atoms with Gasteiger partial charge >= 0.3 is 0 Å². The van der Waals surface area contributed by atoms with Gasteiger partial charge in [0.2, 0.25) is 0 Å². The summed E-state index contributed by atoms with van der Waals surface area (Å²) in [6, 6.07) is 16.3. The van der Waals surface area contributed by atoms with Crippen LogP contribution in [0, 0.1) is 0 Å². The van der Waals surface area contributed by atoms with Gasteiger partial charge in [0.05, 0.1) is 18.1 Å². The standard InChI is InChI=1S/C17H19N3O/c1-12(11-18)20-16-9-4-3-8-15(16)19-17(20)13-6-5-7-14(10-13)21-2/h3-10,12H,11,18H2,1-2H3. The number of hydrogen-bond acceptors (Lipinski definition) is 3. The van der Waals surface area contributed by atoms with Crippen LogP contribution in [0.2, 0.25) is 0 Å². The molecule has 4 nitrogen and oxygen atoms in total. The van der Waals surface area contributed by atoms with E-state index in [1.54, 1.807) is 7.11 Å². The molecule has 1 heterocycles. The van der Waals surface area contributed by atoms with Crippen molar-refractivity contribution in [3.8, 4) is 17.1 Å². The number of aromatic nitrogens is 2. The van der Waals surface area contributed by atoms with Gasteiger partial charge in [-0.2, -0.15) is 0 Å². The van der Waals surface area contributed by atoms with Crippen LogP contribution in [-0.2, 0) is 0 Å². The molecule has 2 aromatic carbocycles. The molecule has 0 fully saturated rings. The van der Waals surface area contributed by atoms with Gasteiger partial charge in [0.15, 0.2) is 0 Å². The lowest BCUT2D eigenvalue weighted by molar-refractivity contribution is 0.415. The number of nitrogens with two attached hydrogens (primary N) is 1. The second-order valence-electron chi connectivity index (χ2n) is 5.11. The highest BCUT2D eigenvalue weighted by atomic mass is 16.5. The SMILES string of the molecule is COc1cccc(-c2nc3ccccc3n2C(C)CN)c1. The highest BCUT2D eigenvalue weighted by molar-refractivity contribution is 5.81. The van der Waals surface area contributed by atoms with Crippen LogP contribution < -0.4 is 10.5 Å². The molecule has 0 aliphatic rings. The predicted octanol–water partition coefficient (Wildman–Crippen LogP) is 3.23. The molecule has 1 unspecified atom stereocenters. The van der Waals surface area contributed by atoms with Crippen LogP contribution in [0.25, 0.3) is 22.4 Å². The van der Waals surface area contributed by atoms with Crippen molar-refractivity contribution in [2.75, 3.05) is 13.7 Å². The third-order valence-electron chi connectivity index (χ3n) is 3.71. The Bertz CT molecular complexity index is 764. The van der Waals surface area contributed by atoms with Crippen LogP contribution in [0.1, 0.15) is 13.0 Å². The van der Waals surface area contributed by atoms with Gasteiger partial charge in [0.1, 0.15) is 11.6 Å². The minimum absolute atomic E-state index is 0.179. The van der Waals surface area contributed by atoms with Crippen LogP contribution in [0.5, 0.6) is 5.75 Å². The third-order valence-corrected chi connectivity index (χ3v) is 3.71. The van der Waals surface area contributed by atoms with E-state index in [0.717, 1.165) is 28.2 Å². The number of fused-ring (bicyclic) bond motifs is 1. The third kappa shape index (κ3) is 2.38. The maximum atomic E-state index is 5.88. The Hall–Kier alpha value is -2.33. The smallest absolute Gasteiger partial charge is 0.141 e. The number of rotatable bonds is 4. The van der Waals surface area contributed by atoms with Crippen LogP contribution in [-0.4, -0.2) is 23.2 Å². The van der Waals surface area contributed by atoms with E-state index in [1.165, 1.54) is 0 Å². The fourth-order valence-electron chi connectivity index (χ4n) is 2.56. The highest BCUT2D eigenvalue weighted by Crippen LogP contribution is 2.29. The maximum absolute atomic E-state index is 5.88. The molecule has 0 saturated heterocycles. The van der Waals surface area contributed by atoms with E-state index >= 15 is 0 Å². The quantitative estimate of drug-likeness (QED) is 0.798. The summed E-state index contributed by atoms with van der Waals surface area (Å²) in [7, 11) is 1.67. The number of ether oxygens (including phenoxy) is 1. The van der Waals surface area contributed by atoms with Crippen molar-refractivity contribution in [3.63, 3.8) is 0 Å². The van der Waals surface area contributed by atoms with E-state index in [-0.39, 0.29) is 6.04 Å². The lowest BCUT2D eigenvalue weighted by Gasteiger charge is -2.16. The molecule has 0 bridgehead atoms. The number of benzene rings is 2. The van der Waals surface area contributed by atoms with E-state index in [9.17, 15) is 0 Å². The second kappa shape index (κ2) is 5.58. The van der Waals surface area contributed by atoms with Crippen molar-refractivity contribution in [2.24, 2.45) is 5.73 Å². The highest BCUT2D eigenvalue weighted by Gasteiger charge is 2.16. The number of imidazole rings is 1. The molecule has 4 heteroatoms. The molecular weight excluding hydrogens is 262 g/mol. The van der Waals surface area contributed by atoms with Gasteiger partial charge in [-0.15, -0.1) is 0 Å². The Balaban J connectivity index is 2.25. The molecule has 2 N–H and O–H groups in total. The number of para-hydroxylation sites is 2. The summed E-state index contributed by atoms with van der Waals surface area (Å²) in [6.07, 6.45) is 0. The van der Waals surface area contributed by atoms with Gasteiger partial charge in [0, 0.05) is 18.2 Å². The van der Waals surface area contributed by atoms with E-state index < -0.39 is 0 Å². The first-order valence-corrected chi connectivity index (χ1v) is 7.06. The number of methoxy groups -OCH3 is 1. The second-order valence-corrected chi connectivity index (χ2v) is 5.11. The molecule has 0 aliphatic carbocycles. The maximum Gasteiger partial charge on any atom is 0.141 e. The van der Waals surface area contributed by atoms with Crippen LogP contribution in [0.4, 0.5) is 0 Å². The Kier molecular flexibility index (Phi) is 3.62. The van der Waals surface area contributed by atoms with Crippen molar-refractivity contribution in [1.82, 2.24) is 9.55 Å². The molecule has 0 saturated carbocycles. The van der Waals surface area contributed by atoms with Crippen molar-refractivity contribution in [3.05, 3.63) is 48.5 Å². The van der Waals surface area contributed by atoms with E-state index in [1.807, 2.05) is 42.5 Å². The zero-order valence-corrected chi connectivity index (χ0v) is 12.3. The first-order valence-electron chi connectivity index (χ1n) is 7.06. The van der Waals surface area contributed by atoms with Crippen LogP contribution >= 0.6 is 0 Å².